The van der Waals surface area contributed by atoms with Crippen molar-refractivity contribution in [2.45, 2.75) is 52.0 Å². The minimum absolute atomic E-state index is 0.105. The van der Waals surface area contributed by atoms with Gasteiger partial charge in [-0.3, -0.25) is 14.3 Å². The number of nitrogens with one attached hydrogen (secondary N) is 1. The molecule has 1 heterocycles. The van der Waals surface area contributed by atoms with E-state index in [0.29, 0.717) is 18.0 Å². The number of hydrogen-bond acceptors (Lipinski definition) is 3. The van der Waals surface area contributed by atoms with E-state index in [1.54, 1.807) is 0 Å². The fraction of sp³-hybridized carbons (Fsp3) is 0.714. The van der Waals surface area contributed by atoms with Gasteiger partial charge < -0.3 is 5.11 Å². The molecule has 0 saturated heterocycles. The lowest BCUT2D eigenvalue weighted by Gasteiger charge is -2.19. The van der Waals surface area contributed by atoms with Gasteiger partial charge in [-0.15, -0.1) is 0 Å². The summed E-state index contributed by atoms with van der Waals surface area (Å²) in [5.41, 5.74) is -0.441. The smallest absolute Gasteiger partial charge is 0.331 e. The highest BCUT2D eigenvalue weighted by atomic mass is 16.3. The van der Waals surface area contributed by atoms with Crippen LogP contribution in [0, 0.1) is 11.3 Å². The first-order chi connectivity index (χ1) is 8.94. The van der Waals surface area contributed by atoms with E-state index in [4.69, 9.17) is 0 Å². The monoisotopic (exact) mass is 264 g/mol. The van der Waals surface area contributed by atoms with Gasteiger partial charge in [0.1, 0.15) is 0 Å². The summed E-state index contributed by atoms with van der Waals surface area (Å²) in [7, 11) is 0. The van der Waals surface area contributed by atoms with Crippen LogP contribution in [0.15, 0.2) is 9.59 Å². The molecule has 0 spiro atoms. The Morgan fingerprint density at radius 2 is 2.00 bits per heavy atom. The minimum Gasteiger partial charge on any atom is -0.494 e. The van der Waals surface area contributed by atoms with Crippen molar-refractivity contribution in [3.63, 3.8) is 0 Å². The molecule has 2 aliphatic carbocycles. The molecule has 5 heteroatoms. The second-order valence-electron chi connectivity index (χ2n) is 6.37. The van der Waals surface area contributed by atoms with Gasteiger partial charge in [0.2, 0.25) is 5.88 Å². The van der Waals surface area contributed by atoms with E-state index >= 15 is 0 Å². The van der Waals surface area contributed by atoms with Gasteiger partial charge in [-0.2, -0.15) is 0 Å². The Kier molecular flexibility index (Phi) is 2.62. The van der Waals surface area contributed by atoms with Crippen molar-refractivity contribution >= 4 is 0 Å². The Bertz CT molecular complexity index is 619. The Balaban J connectivity index is 2.03. The summed E-state index contributed by atoms with van der Waals surface area (Å²) in [6.45, 7) is 4.22. The first kappa shape index (κ1) is 12.5. The van der Waals surface area contributed by atoms with Crippen LogP contribution in [0.3, 0.4) is 0 Å². The number of hydrogen-bond donors (Lipinski definition) is 2. The zero-order valence-electron chi connectivity index (χ0n) is 11.4. The van der Waals surface area contributed by atoms with Crippen LogP contribution in [0.2, 0.25) is 0 Å². The Morgan fingerprint density at radius 1 is 1.37 bits per heavy atom. The van der Waals surface area contributed by atoms with Gasteiger partial charge in [0.15, 0.2) is 0 Å². The predicted molar refractivity (Wildman–Crippen MR) is 71.5 cm³/mol. The molecule has 2 aliphatic rings. The van der Waals surface area contributed by atoms with Crippen LogP contribution in [0.1, 0.15) is 51.0 Å². The highest BCUT2D eigenvalue weighted by molar-refractivity contribution is 5.26. The Hall–Kier alpha value is -1.52. The first-order valence-corrected chi connectivity index (χ1v) is 7.00. The molecule has 1 aromatic rings. The van der Waals surface area contributed by atoms with E-state index in [9.17, 15) is 14.7 Å². The lowest BCUT2D eigenvalue weighted by Crippen LogP contribution is -2.35. The van der Waals surface area contributed by atoms with Gasteiger partial charge in [-0.1, -0.05) is 13.8 Å². The molecule has 5 nitrogen and oxygen atoms in total. The Labute approximate surface area is 111 Å². The third-order valence-corrected chi connectivity index (χ3v) is 4.59. The number of rotatable bonds is 4. The van der Waals surface area contributed by atoms with Gasteiger partial charge >= 0.3 is 5.69 Å². The molecule has 0 bridgehead atoms. The van der Waals surface area contributed by atoms with E-state index < -0.39 is 11.2 Å². The van der Waals surface area contributed by atoms with Crippen LogP contribution >= 0.6 is 0 Å². The molecular formula is C14H20N2O3. The first-order valence-electron chi connectivity index (χ1n) is 7.00. The summed E-state index contributed by atoms with van der Waals surface area (Å²) >= 11 is 0. The van der Waals surface area contributed by atoms with Gasteiger partial charge in [0, 0.05) is 6.54 Å². The van der Waals surface area contributed by atoms with Crippen molar-refractivity contribution in [3.8, 4) is 5.88 Å². The third kappa shape index (κ3) is 2.01. The zero-order chi connectivity index (χ0) is 13.8. The Morgan fingerprint density at radius 3 is 2.47 bits per heavy atom. The number of aromatic hydroxyl groups is 1. The zero-order valence-corrected chi connectivity index (χ0v) is 11.4. The largest absolute Gasteiger partial charge is 0.494 e. The summed E-state index contributed by atoms with van der Waals surface area (Å²) in [4.78, 5) is 26.0. The van der Waals surface area contributed by atoms with Crippen molar-refractivity contribution in [2.24, 2.45) is 11.3 Å². The topological polar surface area (TPSA) is 75.1 Å². The normalized spacial score (nSPS) is 20.8. The van der Waals surface area contributed by atoms with Crippen molar-refractivity contribution in [2.75, 3.05) is 0 Å². The van der Waals surface area contributed by atoms with Crippen LogP contribution in [0.5, 0.6) is 5.88 Å². The number of nitrogens with zero attached hydrogens (tertiary/aromatic N) is 1. The summed E-state index contributed by atoms with van der Waals surface area (Å²) in [5.74, 6) is 0.454. The predicted octanol–water partition coefficient (Wildman–Crippen LogP) is 1.56. The van der Waals surface area contributed by atoms with E-state index in [1.165, 1.54) is 17.4 Å². The van der Waals surface area contributed by atoms with Crippen molar-refractivity contribution < 1.29 is 5.11 Å². The van der Waals surface area contributed by atoms with E-state index in [0.717, 1.165) is 12.8 Å². The van der Waals surface area contributed by atoms with Crippen molar-refractivity contribution in [3.05, 3.63) is 26.4 Å². The molecule has 2 fully saturated rings. The van der Waals surface area contributed by atoms with Crippen LogP contribution in [-0.2, 0) is 6.54 Å². The molecule has 2 N–H and O–H groups in total. The van der Waals surface area contributed by atoms with Gasteiger partial charge in [0.25, 0.3) is 5.56 Å². The number of aromatic nitrogens is 2. The third-order valence-electron chi connectivity index (χ3n) is 4.59. The van der Waals surface area contributed by atoms with Gasteiger partial charge in [-0.25, -0.2) is 4.79 Å². The lowest BCUT2D eigenvalue weighted by atomic mass is 10.00. The highest BCUT2D eigenvalue weighted by Gasteiger charge is 2.54. The standard InChI is InChI=1S/C14H20N2O3/c1-8(2)10-11(17)15-13(19)16(12(10)18)7-14(5-6-14)9-3-4-9/h8-9,18H,3-7H2,1-2H3,(H,15,17,19). The fourth-order valence-corrected chi connectivity index (χ4v) is 3.11. The maximum Gasteiger partial charge on any atom is 0.331 e. The summed E-state index contributed by atoms with van der Waals surface area (Å²) in [5, 5.41) is 10.3. The minimum atomic E-state index is -0.487. The maximum atomic E-state index is 11.9. The van der Waals surface area contributed by atoms with Gasteiger partial charge in [0.05, 0.1) is 5.56 Å². The molecule has 19 heavy (non-hydrogen) atoms. The molecular weight excluding hydrogens is 244 g/mol. The van der Waals surface area contributed by atoms with Gasteiger partial charge in [-0.05, 0) is 42.9 Å². The van der Waals surface area contributed by atoms with Crippen LogP contribution in [-0.4, -0.2) is 14.7 Å². The van der Waals surface area contributed by atoms with Crippen molar-refractivity contribution in [1.82, 2.24) is 9.55 Å². The second kappa shape index (κ2) is 3.99. The molecule has 3 rings (SSSR count). The SMILES string of the molecule is CC(C)c1c(O)n(CC2(C3CC3)CC2)c(=O)[nH]c1=O. The highest BCUT2D eigenvalue weighted by Crippen LogP contribution is 2.62. The quantitative estimate of drug-likeness (QED) is 0.866. The summed E-state index contributed by atoms with van der Waals surface area (Å²) in [6.07, 6.45) is 4.71. The average Bonchev–Trinajstić information content (AvgIpc) is 3.15. The van der Waals surface area contributed by atoms with Crippen LogP contribution in [0.4, 0.5) is 0 Å². The average molecular weight is 264 g/mol. The molecule has 1 aromatic heterocycles. The molecule has 0 atom stereocenters. The number of aromatic amines is 1. The van der Waals surface area contributed by atoms with Crippen molar-refractivity contribution in [1.29, 1.82) is 0 Å². The molecule has 0 aliphatic heterocycles. The van der Waals surface area contributed by atoms with Crippen LogP contribution < -0.4 is 11.2 Å². The summed E-state index contributed by atoms with van der Waals surface area (Å²) in [6, 6.07) is 0. The van der Waals surface area contributed by atoms with E-state index in [1.807, 2.05) is 13.8 Å². The van der Waals surface area contributed by atoms with Crippen LogP contribution in [0.25, 0.3) is 0 Å². The fourth-order valence-electron chi connectivity index (χ4n) is 3.11. The van der Waals surface area contributed by atoms with E-state index in [2.05, 4.69) is 4.98 Å². The summed E-state index contributed by atoms with van der Waals surface area (Å²) < 4.78 is 1.36. The molecule has 2 saturated carbocycles. The molecule has 0 radical (unpaired) electrons. The second-order valence-corrected chi connectivity index (χ2v) is 6.37. The lowest BCUT2D eigenvalue weighted by molar-refractivity contribution is 0.314. The molecule has 104 valence electrons. The molecule has 0 aromatic carbocycles. The van der Waals surface area contributed by atoms with E-state index in [-0.39, 0.29) is 17.2 Å². The number of H-pyrrole nitrogens is 1. The maximum absolute atomic E-state index is 11.9. The molecule has 0 amide bonds. The molecule has 0 unspecified atom stereocenters.